The van der Waals surface area contributed by atoms with E-state index in [1.807, 2.05) is 0 Å². The van der Waals surface area contributed by atoms with Crippen LogP contribution in [0.25, 0.3) is 0 Å². The van der Waals surface area contributed by atoms with Crippen molar-refractivity contribution in [1.29, 1.82) is 0 Å². The van der Waals surface area contributed by atoms with Crippen molar-refractivity contribution >= 4 is 24.0 Å². The first-order valence-electron chi connectivity index (χ1n) is 6.26. The number of halogens is 2. The van der Waals surface area contributed by atoms with E-state index in [1.54, 1.807) is 0 Å². The summed E-state index contributed by atoms with van der Waals surface area (Å²) in [4.78, 5) is 4.53. The molecule has 2 aliphatic heterocycles. The second kappa shape index (κ2) is 9.40. The molecular formula is C12H26Cl2N2O. The highest BCUT2D eigenvalue weighted by atomic mass is 35.5. The number of aliphatic hydroxyl groups is 1. The van der Waals surface area contributed by atoms with E-state index in [-0.39, 0.29) is 12.4 Å². The summed E-state index contributed by atoms with van der Waals surface area (Å²) in [5.74, 6) is 0.802. The number of nitrogens with zero attached hydrogens (tertiary/aromatic N) is 2. The molecule has 17 heavy (non-hydrogen) atoms. The number of aliphatic hydroxyl groups excluding tert-OH is 1. The van der Waals surface area contributed by atoms with Gasteiger partial charge in [0.15, 0.2) is 0 Å². The molecule has 5 heteroatoms. The lowest BCUT2D eigenvalue weighted by atomic mass is 10.2. The Morgan fingerprint density at radius 1 is 1.06 bits per heavy atom. The van der Waals surface area contributed by atoms with Crippen LogP contribution >= 0.6 is 24.0 Å². The molecule has 2 aliphatic rings. The summed E-state index contributed by atoms with van der Waals surface area (Å²) < 4.78 is 0. The van der Waals surface area contributed by atoms with Crippen molar-refractivity contribution in [3.05, 3.63) is 0 Å². The molecule has 0 aliphatic carbocycles. The van der Waals surface area contributed by atoms with E-state index < -0.39 is 0 Å². The minimum atomic E-state index is 0. The van der Waals surface area contributed by atoms with Gasteiger partial charge in [0.1, 0.15) is 0 Å². The van der Waals surface area contributed by atoms with Crippen molar-refractivity contribution in [2.45, 2.75) is 37.8 Å². The summed E-state index contributed by atoms with van der Waals surface area (Å²) in [7, 11) is 4.20. The van der Waals surface area contributed by atoms with E-state index in [0.29, 0.717) is 18.7 Å². The molecule has 2 heterocycles. The lowest BCUT2D eigenvalue weighted by Gasteiger charge is -2.15. The van der Waals surface area contributed by atoms with Crippen molar-refractivity contribution in [1.82, 2.24) is 9.80 Å². The van der Waals surface area contributed by atoms with Crippen molar-refractivity contribution in [2.75, 3.05) is 39.7 Å². The molecule has 2 saturated heterocycles. The quantitative estimate of drug-likeness (QED) is 0.784. The van der Waals surface area contributed by atoms with Crippen molar-refractivity contribution in [3.63, 3.8) is 0 Å². The van der Waals surface area contributed by atoms with Gasteiger partial charge in [-0.3, -0.25) is 0 Å². The first-order valence-corrected chi connectivity index (χ1v) is 6.79. The Morgan fingerprint density at radius 2 is 1.53 bits per heavy atom. The summed E-state index contributed by atoms with van der Waals surface area (Å²) in [6.07, 6.45) is 5.04. The lowest BCUT2D eigenvalue weighted by molar-refractivity contribution is 0.182. The standard InChI is InChI=1S/C6H12ClN.C6H13NO.ClH/c1-8-4-2-3-6(8)5-7;1-7-4-2-3-6(7)5-8;/h6H,2-5H2,1H3;6,8H,2-5H2,1H3;1H/t2*6-;/m00./s1. The molecule has 0 aromatic carbocycles. The molecule has 0 unspecified atom stereocenters. The average Bonchev–Trinajstić information content (AvgIpc) is 2.87. The minimum Gasteiger partial charge on any atom is -0.395 e. The van der Waals surface area contributed by atoms with Gasteiger partial charge < -0.3 is 14.9 Å². The van der Waals surface area contributed by atoms with Crippen LogP contribution in [0.4, 0.5) is 0 Å². The third-order valence-corrected chi connectivity index (χ3v) is 4.09. The number of hydrogen-bond acceptors (Lipinski definition) is 3. The molecule has 0 amide bonds. The minimum absolute atomic E-state index is 0. The molecule has 0 aromatic heterocycles. The summed E-state index contributed by atoms with van der Waals surface area (Å²) >= 11 is 5.66. The Kier molecular flexibility index (Phi) is 9.65. The van der Waals surface area contributed by atoms with Gasteiger partial charge in [0.25, 0.3) is 0 Å². The number of hydrogen-bond donors (Lipinski definition) is 1. The SMILES string of the molecule is CN1CCC[C@H]1CCl.CN1CCC[C@H]1CO.Cl. The van der Waals surface area contributed by atoms with Crippen LogP contribution in [0, 0.1) is 0 Å². The highest BCUT2D eigenvalue weighted by molar-refractivity contribution is 6.18. The zero-order chi connectivity index (χ0) is 12.0. The van der Waals surface area contributed by atoms with E-state index in [1.165, 1.54) is 32.2 Å². The second-order valence-electron chi connectivity index (χ2n) is 4.89. The van der Waals surface area contributed by atoms with Gasteiger partial charge >= 0.3 is 0 Å². The van der Waals surface area contributed by atoms with Crippen LogP contribution in [-0.4, -0.2) is 66.7 Å². The zero-order valence-electron chi connectivity index (χ0n) is 10.9. The maximum atomic E-state index is 8.69. The van der Waals surface area contributed by atoms with E-state index in [9.17, 15) is 0 Å². The van der Waals surface area contributed by atoms with Crippen LogP contribution in [0.5, 0.6) is 0 Å². The maximum Gasteiger partial charge on any atom is 0.0586 e. The maximum absolute atomic E-state index is 8.69. The third-order valence-electron chi connectivity index (χ3n) is 3.73. The Hall–Kier alpha value is 0.460. The summed E-state index contributed by atoms with van der Waals surface area (Å²) in [5.41, 5.74) is 0. The Balaban J connectivity index is 0.000000284. The fourth-order valence-corrected chi connectivity index (χ4v) is 2.77. The van der Waals surface area contributed by atoms with E-state index in [4.69, 9.17) is 16.7 Å². The smallest absolute Gasteiger partial charge is 0.0586 e. The third kappa shape index (κ3) is 5.75. The molecule has 0 aromatic rings. The first-order chi connectivity index (χ1) is 7.69. The van der Waals surface area contributed by atoms with Gasteiger partial charge in [0.05, 0.1) is 6.61 Å². The van der Waals surface area contributed by atoms with Gasteiger partial charge in [-0.1, -0.05) is 0 Å². The van der Waals surface area contributed by atoms with Crippen LogP contribution in [0.1, 0.15) is 25.7 Å². The molecule has 2 atom stereocenters. The van der Waals surface area contributed by atoms with Crippen LogP contribution in [0.15, 0.2) is 0 Å². The van der Waals surface area contributed by atoms with Crippen LogP contribution < -0.4 is 0 Å². The van der Waals surface area contributed by atoms with Crippen molar-refractivity contribution in [2.24, 2.45) is 0 Å². The fraction of sp³-hybridized carbons (Fsp3) is 1.00. The van der Waals surface area contributed by atoms with Gasteiger partial charge in [-0.05, 0) is 52.9 Å². The molecule has 104 valence electrons. The lowest BCUT2D eigenvalue weighted by Crippen LogP contribution is -2.27. The second-order valence-corrected chi connectivity index (χ2v) is 5.20. The zero-order valence-corrected chi connectivity index (χ0v) is 12.5. The van der Waals surface area contributed by atoms with Crippen molar-refractivity contribution in [3.8, 4) is 0 Å². The molecule has 0 radical (unpaired) electrons. The molecule has 3 nitrogen and oxygen atoms in total. The Labute approximate surface area is 117 Å². The van der Waals surface area contributed by atoms with Crippen LogP contribution in [0.3, 0.4) is 0 Å². The van der Waals surface area contributed by atoms with E-state index in [0.717, 1.165) is 12.4 Å². The van der Waals surface area contributed by atoms with Gasteiger partial charge in [0.2, 0.25) is 0 Å². The highest BCUT2D eigenvalue weighted by Gasteiger charge is 2.19. The normalized spacial score (nSPS) is 29.6. The number of likely N-dealkylation sites (N-methyl/N-ethyl adjacent to an activating group) is 1. The molecule has 1 N–H and O–H groups in total. The monoisotopic (exact) mass is 284 g/mol. The summed E-state index contributed by atoms with van der Waals surface area (Å²) in [6, 6.07) is 1.12. The fourth-order valence-electron chi connectivity index (χ4n) is 2.38. The molecule has 0 bridgehead atoms. The molecule has 0 saturated carbocycles. The number of rotatable bonds is 2. The molecular weight excluding hydrogens is 259 g/mol. The Bertz CT molecular complexity index is 175. The first kappa shape index (κ1) is 17.5. The predicted octanol–water partition coefficient (Wildman–Crippen LogP) is 1.81. The molecule has 2 rings (SSSR count). The average molecular weight is 285 g/mol. The largest absolute Gasteiger partial charge is 0.395 e. The van der Waals surface area contributed by atoms with Gasteiger partial charge in [-0.2, -0.15) is 0 Å². The van der Waals surface area contributed by atoms with Crippen molar-refractivity contribution < 1.29 is 5.11 Å². The van der Waals surface area contributed by atoms with Gasteiger partial charge in [-0.25, -0.2) is 0 Å². The van der Waals surface area contributed by atoms with Crippen LogP contribution in [0.2, 0.25) is 0 Å². The van der Waals surface area contributed by atoms with E-state index in [2.05, 4.69) is 23.9 Å². The van der Waals surface area contributed by atoms with Gasteiger partial charge in [0, 0.05) is 18.0 Å². The number of alkyl halides is 1. The molecule has 2 fully saturated rings. The molecule has 0 spiro atoms. The summed E-state index contributed by atoms with van der Waals surface area (Å²) in [5, 5.41) is 8.69. The van der Waals surface area contributed by atoms with Gasteiger partial charge in [-0.15, -0.1) is 24.0 Å². The van der Waals surface area contributed by atoms with E-state index >= 15 is 0 Å². The number of likely N-dealkylation sites (tertiary alicyclic amines) is 2. The summed E-state index contributed by atoms with van der Waals surface area (Å²) in [6.45, 7) is 2.72. The Morgan fingerprint density at radius 3 is 1.71 bits per heavy atom. The topological polar surface area (TPSA) is 26.7 Å². The predicted molar refractivity (Wildman–Crippen MR) is 76.4 cm³/mol. The highest BCUT2D eigenvalue weighted by Crippen LogP contribution is 2.15. The van der Waals surface area contributed by atoms with Crippen LogP contribution in [-0.2, 0) is 0 Å².